The average Bonchev–Trinajstić information content (AvgIpc) is 3.27. The first kappa shape index (κ1) is 18.3. The summed E-state index contributed by atoms with van der Waals surface area (Å²) in [6, 6.07) is 10.1. The van der Waals surface area contributed by atoms with Gasteiger partial charge >= 0.3 is 0 Å². The quantitative estimate of drug-likeness (QED) is 0.564. The van der Waals surface area contributed by atoms with Gasteiger partial charge in [-0.25, -0.2) is 9.97 Å². The van der Waals surface area contributed by atoms with Crippen LogP contribution in [0.15, 0.2) is 42.9 Å². The fourth-order valence-electron chi connectivity index (χ4n) is 3.82. The number of hydrogen-bond donors (Lipinski definition) is 1. The molecule has 150 valence electrons. The van der Waals surface area contributed by atoms with Crippen molar-refractivity contribution in [1.29, 1.82) is 5.26 Å². The van der Waals surface area contributed by atoms with Crippen LogP contribution in [0.3, 0.4) is 0 Å². The summed E-state index contributed by atoms with van der Waals surface area (Å²) >= 11 is 0. The Morgan fingerprint density at radius 1 is 1.23 bits per heavy atom. The summed E-state index contributed by atoms with van der Waals surface area (Å²) in [5.74, 6) is 1.33. The molecule has 0 unspecified atom stereocenters. The van der Waals surface area contributed by atoms with Crippen molar-refractivity contribution in [3.8, 4) is 6.07 Å². The molecule has 0 spiro atoms. The highest BCUT2D eigenvalue weighted by atomic mass is 16.5. The number of pyridine rings is 1. The molecule has 1 aromatic carbocycles. The van der Waals surface area contributed by atoms with Crippen molar-refractivity contribution in [2.24, 2.45) is 0 Å². The first-order valence-corrected chi connectivity index (χ1v) is 9.92. The lowest BCUT2D eigenvalue weighted by molar-refractivity contribution is 0.122. The topological polar surface area (TPSA) is 91.4 Å². The molecule has 1 aliphatic heterocycles. The van der Waals surface area contributed by atoms with Crippen LogP contribution in [0.2, 0.25) is 0 Å². The van der Waals surface area contributed by atoms with Gasteiger partial charge in [0.2, 0.25) is 5.78 Å². The number of anilines is 2. The number of imidazole rings is 1. The minimum atomic E-state index is 0.558. The third-order valence-electron chi connectivity index (χ3n) is 5.56. The molecule has 1 saturated heterocycles. The van der Waals surface area contributed by atoms with Crippen LogP contribution in [0, 0.1) is 18.3 Å². The zero-order valence-corrected chi connectivity index (χ0v) is 16.7. The molecule has 8 heteroatoms. The van der Waals surface area contributed by atoms with E-state index in [0.717, 1.165) is 60.0 Å². The summed E-state index contributed by atoms with van der Waals surface area (Å²) in [5.41, 5.74) is 4.58. The Morgan fingerprint density at radius 3 is 2.93 bits per heavy atom. The van der Waals surface area contributed by atoms with Gasteiger partial charge in [-0.3, -0.25) is 4.40 Å². The van der Waals surface area contributed by atoms with Gasteiger partial charge in [0, 0.05) is 32.0 Å². The van der Waals surface area contributed by atoms with Crippen molar-refractivity contribution >= 4 is 28.3 Å². The number of benzene rings is 1. The standard InChI is InChI=1S/C22H21N7O/c1-15-16(12-23)3-2-4-17(15)13-25-20-19-11-18(28-7-9-30-10-8-28)14-26-21(19)29-6-5-24-22(29)27-20/h2-6,11,14H,7-10,13H2,1H3,(H,24,25,27). The van der Waals surface area contributed by atoms with Crippen LogP contribution in [0.5, 0.6) is 0 Å². The van der Waals surface area contributed by atoms with E-state index in [1.807, 2.05) is 41.9 Å². The Morgan fingerprint density at radius 2 is 2.10 bits per heavy atom. The molecule has 8 nitrogen and oxygen atoms in total. The second kappa shape index (κ2) is 7.61. The van der Waals surface area contributed by atoms with E-state index in [2.05, 4.69) is 27.3 Å². The molecule has 4 aromatic rings. The van der Waals surface area contributed by atoms with Crippen LogP contribution in [0.4, 0.5) is 11.5 Å². The molecule has 4 heterocycles. The van der Waals surface area contributed by atoms with E-state index in [4.69, 9.17) is 14.7 Å². The van der Waals surface area contributed by atoms with E-state index >= 15 is 0 Å². The molecule has 0 atom stereocenters. The second-order valence-corrected chi connectivity index (χ2v) is 7.28. The van der Waals surface area contributed by atoms with Gasteiger partial charge in [0.05, 0.1) is 42.1 Å². The molecule has 0 saturated carbocycles. The van der Waals surface area contributed by atoms with Crippen LogP contribution >= 0.6 is 0 Å². The van der Waals surface area contributed by atoms with E-state index in [9.17, 15) is 5.26 Å². The number of rotatable bonds is 4. The Kier molecular flexibility index (Phi) is 4.65. The maximum Gasteiger partial charge on any atom is 0.237 e. The summed E-state index contributed by atoms with van der Waals surface area (Å²) in [7, 11) is 0. The van der Waals surface area contributed by atoms with Crippen molar-refractivity contribution < 1.29 is 4.74 Å². The molecule has 5 rings (SSSR count). The fraction of sp³-hybridized carbons (Fsp3) is 0.273. The number of hydrogen-bond acceptors (Lipinski definition) is 7. The minimum Gasteiger partial charge on any atom is -0.378 e. The molecular formula is C22H21N7O. The number of fused-ring (bicyclic) bond motifs is 3. The minimum absolute atomic E-state index is 0.558. The lowest BCUT2D eigenvalue weighted by Gasteiger charge is -2.28. The normalized spacial score (nSPS) is 14.2. The number of aromatic nitrogens is 4. The zero-order valence-electron chi connectivity index (χ0n) is 16.7. The lowest BCUT2D eigenvalue weighted by atomic mass is 10.0. The molecule has 1 fully saturated rings. The Labute approximate surface area is 173 Å². The van der Waals surface area contributed by atoms with Crippen LogP contribution in [0.1, 0.15) is 16.7 Å². The SMILES string of the molecule is Cc1c(C#N)cccc1CNc1nc2nccn2c2ncc(N3CCOCC3)cc12. The van der Waals surface area contributed by atoms with Crippen LogP contribution in [-0.4, -0.2) is 45.7 Å². The third-order valence-corrected chi connectivity index (χ3v) is 5.56. The first-order chi connectivity index (χ1) is 14.7. The number of ether oxygens (including phenoxy) is 1. The molecule has 0 bridgehead atoms. The van der Waals surface area contributed by atoms with Gasteiger partial charge in [0.1, 0.15) is 5.82 Å². The number of nitrogens with zero attached hydrogens (tertiary/aromatic N) is 6. The third kappa shape index (κ3) is 3.19. The molecule has 3 aromatic heterocycles. The van der Waals surface area contributed by atoms with E-state index in [0.29, 0.717) is 17.9 Å². The predicted molar refractivity (Wildman–Crippen MR) is 115 cm³/mol. The molecule has 1 aliphatic rings. The van der Waals surface area contributed by atoms with Crippen LogP contribution in [0.25, 0.3) is 16.8 Å². The zero-order chi connectivity index (χ0) is 20.5. The Bertz CT molecular complexity index is 1270. The van der Waals surface area contributed by atoms with Crippen molar-refractivity contribution in [2.45, 2.75) is 13.5 Å². The molecule has 1 N–H and O–H groups in total. The highest BCUT2D eigenvalue weighted by Crippen LogP contribution is 2.27. The van der Waals surface area contributed by atoms with Gasteiger partial charge in [-0.05, 0) is 30.2 Å². The van der Waals surface area contributed by atoms with E-state index in [1.165, 1.54) is 0 Å². The van der Waals surface area contributed by atoms with Crippen molar-refractivity contribution in [1.82, 2.24) is 19.4 Å². The second-order valence-electron chi connectivity index (χ2n) is 7.28. The monoisotopic (exact) mass is 399 g/mol. The van der Waals surface area contributed by atoms with E-state index < -0.39 is 0 Å². The number of nitriles is 1. The van der Waals surface area contributed by atoms with Gasteiger partial charge in [-0.2, -0.15) is 10.2 Å². The largest absolute Gasteiger partial charge is 0.378 e. The van der Waals surface area contributed by atoms with E-state index in [-0.39, 0.29) is 0 Å². The van der Waals surface area contributed by atoms with Gasteiger partial charge in [0.25, 0.3) is 0 Å². The highest BCUT2D eigenvalue weighted by Gasteiger charge is 2.16. The maximum atomic E-state index is 9.30. The van der Waals surface area contributed by atoms with Crippen molar-refractivity contribution in [2.75, 3.05) is 36.5 Å². The predicted octanol–water partition coefficient (Wildman–Crippen LogP) is 2.91. The van der Waals surface area contributed by atoms with Gasteiger partial charge in [-0.15, -0.1) is 0 Å². The molecular weight excluding hydrogens is 378 g/mol. The highest BCUT2D eigenvalue weighted by molar-refractivity contribution is 5.90. The first-order valence-electron chi connectivity index (χ1n) is 9.92. The van der Waals surface area contributed by atoms with E-state index in [1.54, 1.807) is 6.20 Å². The molecule has 30 heavy (non-hydrogen) atoms. The summed E-state index contributed by atoms with van der Waals surface area (Å²) in [4.78, 5) is 16.1. The number of nitrogens with one attached hydrogen (secondary N) is 1. The van der Waals surface area contributed by atoms with Crippen LogP contribution in [-0.2, 0) is 11.3 Å². The average molecular weight is 399 g/mol. The molecule has 0 radical (unpaired) electrons. The van der Waals surface area contributed by atoms with Crippen LogP contribution < -0.4 is 10.2 Å². The van der Waals surface area contributed by atoms with Gasteiger partial charge < -0.3 is 15.0 Å². The van der Waals surface area contributed by atoms with Crippen molar-refractivity contribution in [3.05, 3.63) is 59.5 Å². The smallest absolute Gasteiger partial charge is 0.237 e. The summed E-state index contributed by atoms with van der Waals surface area (Å²) in [6.07, 6.45) is 5.50. The molecule has 0 aliphatic carbocycles. The summed E-state index contributed by atoms with van der Waals surface area (Å²) < 4.78 is 7.37. The summed E-state index contributed by atoms with van der Waals surface area (Å²) in [6.45, 7) is 5.65. The Hall–Kier alpha value is -3.70. The molecule has 0 amide bonds. The van der Waals surface area contributed by atoms with Gasteiger partial charge in [-0.1, -0.05) is 12.1 Å². The van der Waals surface area contributed by atoms with Gasteiger partial charge in [0.15, 0.2) is 5.65 Å². The lowest BCUT2D eigenvalue weighted by Crippen LogP contribution is -2.36. The summed E-state index contributed by atoms with van der Waals surface area (Å²) in [5, 5.41) is 13.7. The van der Waals surface area contributed by atoms with Crippen molar-refractivity contribution in [3.63, 3.8) is 0 Å². The maximum absolute atomic E-state index is 9.30. The Balaban J connectivity index is 1.56. The fourth-order valence-corrected chi connectivity index (χ4v) is 3.82. The number of morpholine rings is 1.